The number of hydrogen-bond acceptors (Lipinski definition) is 4. The molecule has 0 fully saturated rings. The lowest BCUT2D eigenvalue weighted by atomic mass is 10.0. The molecule has 2 N–H and O–H groups in total. The maximum Gasteiger partial charge on any atom is 0.136 e. The Morgan fingerprint density at radius 1 is 1.05 bits per heavy atom. The van der Waals surface area contributed by atoms with E-state index >= 15 is 0 Å². The molecule has 0 amide bonds. The highest BCUT2D eigenvalue weighted by Gasteiger charge is 2.03. The number of nitrogens with one attached hydrogen (secondary N) is 2. The second-order valence-electron chi connectivity index (χ2n) is 5.12. The van der Waals surface area contributed by atoms with Gasteiger partial charge in [0.1, 0.15) is 17.5 Å². The fourth-order valence-corrected chi connectivity index (χ4v) is 2.00. The van der Waals surface area contributed by atoms with Crippen LogP contribution in [0.4, 0.5) is 17.3 Å². The Morgan fingerprint density at radius 3 is 2.30 bits per heavy atom. The van der Waals surface area contributed by atoms with Gasteiger partial charge in [-0.15, -0.1) is 0 Å². The predicted molar refractivity (Wildman–Crippen MR) is 84.7 cm³/mol. The van der Waals surface area contributed by atoms with Crippen LogP contribution in [0, 0.1) is 6.92 Å². The van der Waals surface area contributed by atoms with E-state index in [1.54, 1.807) is 0 Å². The minimum Gasteiger partial charge on any atom is -0.370 e. The molecule has 1 aromatic heterocycles. The van der Waals surface area contributed by atoms with Gasteiger partial charge in [0.2, 0.25) is 0 Å². The van der Waals surface area contributed by atoms with Crippen molar-refractivity contribution >= 4 is 17.3 Å². The number of hydrogen-bond donors (Lipinski definition) is 2. The fraction of sp³-hybridized carbons (Fsp3) is 0.375. The van der Waals surface area contributed by atoms with Gasteiger partial charge in [-0.05, 0) is 37.5 Å². The van der Waals surface area contributed by atoms with Gasteiger partial charge in [0.25, 0.3) is 0 Å². The quantitative estimate of drug-likeness (QED) is 0.859. The van der Waals surface area contributed by atoms with Crippen molar-refractivity contribution in [1.29, 1.82) is 0 Å². The Balaban J connectivity index is 2.16. The molecule has 2 rings (SSSR count). The van der Waals surface area contributed by atoms with Crippen LogP contribution >= 0.6 is 0 Å². The van der Waals surface area contributed by atoms with Crippen LogP contribution in [-0.4, -0.2) is 16.5 Å². The molecule has 4 heteroatoms. The molecule has 0 saturated heterocycles. The molecule has 0 saturated carbocycles. The van der Waals surface area contributed by atoms with Crippen molar-refractivity contribution in [3.63, 3.8) is 0 Å². The molecule has 2 aromatic rings. The van der Waals surface area contributed by atoms with Gasteiger partial charge in [-0.1, -0.05) is 26.0 Å². The number of nitrogens with zero attached hydrogens (tertiary/aromatic N) is 2. The molecule has 1 aromatic carbocycles. The Bertz CT molecular complexity index is 561. The van der Waals surface area contributed by atoms with Crippen molar-refractivity contribution in [2.24, 2.45) is 0 Å². The van der Waals surface area contributed by atoms with Crippen LogP contribution in [0.25, 0.3) is 0 Å². The lowest BCUT2D eigenvalue weighted by Gasteiger charge is -2.10. The van der Waals surface area contributed by atoms with Gasteiger partial charge in [0.15, 0.2) is 0 Å². The molecule has 1 heterocycles. The summed E-state index contributed by atoms with van der Waals surface area (Å²) in [4.78, 5) is 8.75. The van der Waals surface area contributed by atoms with Crippen LogP contribution < -0.4 is 10.6 Å². The third-order valence-corrected chi connectivity index (χ3v) is 3.05. The lowest BCUT2D eigenvalue weighted by molar-refractivity contribution is 0.867. The normalized spacial score (nSPS) is 10.7. The molecule has 20 heavy (non-hydrogen) atoms. The molecule has 0 aliphatic carbocycles. The summed E-state index contributed by atoms with van der Waals surface area (Å²) < 4.78 is 0. The molecule has 0 spiro atoms. The van der Waals surface area contributed by atoms with E-state index in [0.29, 0.717) is 5.92 Å². The predicted octanol–water partition coefficient (Wildman–Crippen LogP) is 4.08. The number of rotatable bonds is 5. The molecule has 0 aliphatic rings. The summed E-state index contributed by atoms with van der Waals surface area (Å²) in [6.07, 6.45) is 0. The number of aryl methyl sites for hydroxylation is 1. The van der Waals surface area contributed by atoms with Crippen molar-refractivity contribution in [2.45, 2.75) is 33.6 Å². The maximum absolute atomic E-state index is 4.41. The zero-order chi connectivity index (χ0) is 14.5. The maximum atomic E-state index is 4.41. The highest BCUT2D eigenvalue weighted by atomic mass is 15.1. The third-order valence-electron chi connectivity index (χ3n) is 3.05. The first kappa shape index (κ1) is 14.3. The first-order valence-electron chi connectivity index (χ1n) is 7.05. The summed E-state index contributed by atoms with van der Waals surface area (Å²) >= 11 is 0. The second kappa shape index (κ2) is 6.37. The van der Waals surface area contributed by atoms with E-state index in [0.717, 1.165) is 29.7 Å². The van der Waals surface area contributed by atoms with Crippen molar-refractivity contribution in [2.75, 3.05) is 17.2 Å². The number of anilines is 3. The van der Waals surface area contributed by atoms with Gasteiger partial charge in [-0.2, -0.15) is 0 Å². The molecule has 0 atom stereocenters. The fourth-order valence-electron chi connectivity index (χ4n) is 2.00. The van der Waals surface area contributed by atoms with Crippen molar-refractivity contribution in [1.82, 2.24) is 9.97 Å². The minimum atomic E-state index is 0.547. The lowest BCUT2D eigenvalue weighted by Crippen LogP contribution is -2.04. The van der Waals surface area contributed by atoms with E-state index in [2.05, 4.69) is 65.6 Å². The van der Waals surface area contributed by atoms with Crippen LogP contribution in [-0.2, 0) is 0 Å². The number of aromatic nitrogens is 2. The van der Waals surface area contributed by atoms with E-state index in [4.69, 9.17) is 0 Å². The second-order valence-corrected chi connectivity index (χ2v) is 5.12. The molecule has 0 radical (unpaired) electrons. The Morgan fingerprint density at radius 2 is 1.70 bits per heavy atom. The van der Waals surface area contributed by atoms with Crippen LogP contribution in [0.1, 0.15) is 38.1 Å². The molecule has 4 nitrogen and oxygen atoms in total. The zero-order valence-electron chi connectivity index (χ0n) is 12.6. The van der Waals surface area contributed by atoms with Crippen molar-refractivity contribution in [3.05, 3.63) is 41.7 Å². The monoisotopic (exact) mass is 270 g/mol. The van der Waals surface area contributed by atoms with Crippen LogP contribution in [0.3, 0.4) is 0 Å². The molecule has 0 aliphatic heterocycles. The van der Waals surface area contributed by atoms with Crippen LogP contribution in [0.2, 0.25) is 0 Å². The topological polar surface area (TPSA) is 49.8 Å². The van der Waals surface area contributed by atoms with Gasteiger partial charge in [0, 0.05) is 18.3 Å². The van der Waals surface area contributed by atoms with E-state index < -0.39 is 0 Å². The smallest absolute Gasteiger partial charge is 0.136 e. The van der Waals surface area contributed by atoms with Gasteiger partial charge >= 0.3 is 0 Å². The van der Waals surface area contributed by atoms with E-state index in [9.17, 15) is 0 Å². The summed E-state index contributed by atoms with van der Waals surface area (Å²) in [6, 6.07) is 10.4. The molecule has 0 bridgehead atoms. The zero-order valence-corrected chi connectivity index (χ0v) is 12.6. The molecule has 106 valence electrons. The van der Waals surface area contributed by atoms with Crippen LogP contribution in [0.5, 0.6) is 0 Å². The van der Waals surface area contributed by atoms with Crippen LogP contribution in [0.15, 0.2) is 30.3 Å². The molecular formula is C16H22N4. The summed E-state index contributed by atoms with van der Waals surface area (Å²) in [5, 5.41) is 6.53. The van der Waals surface area contributed by atoms with Gasteiger partial charge < -0.3 is 10.6 Å². The minimum absolute atomic E-state index is 0.547. The summed E-state index contributed by atoms with van der Waals surface area (Å²) in [5.41, 5.74) is 2.37. The van der Waals surface area contributed by atoms with E-state index in [1.807, 2.05) is 13.0 Å². The number of benzene rings is 1. The van der Waals surface area contributed by atoms with E-state index in [-0.39, 0.29) is 0 Å². The standard InChI is InChI=1S/C16H22N4/c1-5-17-15-10-16(19-12(4)18-15)20-14-8-6-13(7-9-14)11(2)3/h6-11H,5H2,1-4H3,(H2,17,18,19,20). The molecular weight excluding hydrogens is 248 g/mol. The summed E-state index contributed by atoms with van der Waals surface area (Å²) in [6.45, 7) is 9.18. The van der Waals surface area contributed by atoms with Crippen molar-refractivity contribution in [3.8, 4) is 0 Å². The Labute approximate surface area is 120 Å². The van der Waals surface area contributed by atoms with E-state index in [1.165, 1.54) is 5.56 Å². The SMILES string of the molecule is CCNc1cc(Nc2ccc(C(C)C)cc2)nc(C)n1. The first-order valence-corrected chi connectivity index (χ1v) is 7.05. The average Bonchev–Trinajstić information content (AvgIpc) is 2.39. The average molecular weight is 270 g/mol. The molecule has 0 unspecified atom stereocenters. The first-order chi connectivity index (χ1) is 9.58. The van der Waals surface area contributed by atoms with Gasteiger partial charge in [-0.3, -0.25) is 0 Å². The summed E-state index contributed by atoms with van der Waals surface area (Å²) in [7, 11) is 0. The highest BCUT2D eigenvalue weighted by Crippen LogP contribution is 2.20. The van der Waals surface area contributed by atoms with Gasteiger partial charge in [-0.25, -0.2) is 9.97 Å². The Hall–Kier alpha value is -2.10. The Kier molecular flexibility index (Phi) is 4.56. The van der Waals surface area contributed by atoms with Crippen molar-refractivity contribution < 1.29 is 0 Å². The largest absolute Gasteiger partial charge is 0.370 e. The third kappa shape index (κ3) is 3.70. The highest BCUT2D eigenvalue weighted by molar-refractivity contribution is 5.59. The van der Waals surface area contributed by atoms with Gasteiger partial charge in [0.05, 0.1) is 0 Å². The summed E-state index contributed by atoms with van der Waals surface area (Å²) in [5.74, 6) is 2.96.